The molecule has 23 heavy (non-hydrogen) atoms. The fourth-order valence-corrected chi connectivity index (χ4v) is 2.78. The second kappa shape index (κ2) is 8.10. The molecule has 1 atom stereocenters. The molecular weight excluding hydrogens is 302 g/mol. The highest BCUT2D eigenvalue weighted by molar-refractivity contribution is 6.10. The molecule has 1 rings (SSSR count). The van der Waals surface area contributed by atoms with E-state index in [2.05, 4.69) is 6.58 Å². The molecule has 0 aromatic rings. The predicted molar refractivity (Wildman–Crippen MR) is 82.5 cm³/mol. The van der Waals surface area contributed by atoms with E-state index in [1.807, 2.05) is 6.92 Å². The molecule has 7 heteroatoms. The summed E-state index contributed by atoms with van der Waals surface area (Å²) in [6.45, 7) is 9.74. The number of nitrogens with zero attached hydrogens (tertiary/aromatic N) is 1. The minimum Gasteiger partial charge on any atom is -0.465 e. The quantitative estimate of drug-likeness (QED) is 0.393. The summed E-state index contributed by atoms with van der Waals surface area (Å²) < 4.78 is 15.3. The molecule has 1 aliphatic rings. The van der Waals surface area contributed by atoms with Crippen molar-refractivity contribution in [2.24, 2.45) is 5.41 Å². The zero-order valence-corrected chi connectivity index (χ0v) is 14.2. The van der Waals surface area contributed by atoms with Crippen LogP contribution in [0.1, 0.15) is 27.2 Å². The molecular formula is C16H25NO6. The number of hydrogen-bond acceptors (Lipinski definition) is 6. The zero-order valence-electron chi connectivity index (χ0n) is 14.2. The number of piperidine rings is 1. The smallest absolute Gasteiger partial charge is 0.331 e. The Labute approximate surface area is 136 Å². The summed E-state index contributed by atoms with van der Waals surface area (Å²) in [5, 5.41) is 0. The van der Waals surface area contributed by atoms with Crippen molar-refractivity contribution in [3.63, 3.8) is 0 Å². The molecule has 0 saturated carbocycles. The Balaban J connectivity index is 3.40. The first kappa shape index (κ1) is 19.2. The van der Waals surface area contributed by atoms with Crippen LogP contribution in [0.3, 0.4) is 0 Å². The number of carbonyl (C=O) groups excluding carboxylic acids is 3. The van der Waals surface area contributed by atoms with Crippen molar-refractivity contribution in [2.75, 3.05) is 33.4 Å². The van der Waals surface area contributed by atoms with E-state index in [1.165, 1.54) is 12.0 Å². The summed E-state index contributed by atoms with van der Waals surface area (Å²) >= 11 is 0. The molecule has 0 aromatic heterocycles. The van der Waals surface area contributed by atoms with Crippen LogP contribution >= 0.6 is 0 Å². The molecule has 1 fully saturated rings. The second-order valence-corrected chi connectivity index (χ2v) is 5.23. The number of carbonyl (C=O) groups is 3. The van der Waals surface area contributed by atoms with E-state index in [0.717, 1.165) is 6.42 Å². The van der Waals surface area contributed by atoms with E-state index in [9.17, 15) is 14.4 Å². The highest BCUT2D eigenvalue weighted by atomic mass is 16.6. The van der Waals surface area contributed by atoms with Gasteiger partial charge in [-0.25, -0.2) is 0 Å². The first-order chi connectivity index (χ1) is 10.9. The lowest BCUT2D eigenvalue weighted by Gasteiger charge is -2.43. The molecule has 1 heterocycles. The molecule has 0 radical (unpaired) electrons. The van der Waals surface area contributed by atoms with Crippen molar-refractivity contribution >= 4 is 17.8 Å². The number of amides is 1. The number of hydrogen-bond donors (Lipinski definition) is 0. The Morgan fingerprint density at radius 3 is 2.13 bits per heavy atom. The standard InChI is InChI=1S/C16H25NO6/c1-6-9-17-10-11(4)16(14(19)22-7-2,15(20)23-8-3)12(21-5)13(17)18/h12H,4,6-10H2,1-3,5H3. The molecule has 0 spiro atoms. The largest absolute Gasteiger partial charge is 0.465 e. The summed E-state index contributed by atoms with van der Waals surface area (Å²) in [5.74, 6) is -2.16. The molecule has 1 unspecified atom stereocenters. The maximum absolute atomic E-state index is 12.7. The van der Waals surface area contributed by atoms with Crippen molar-refractivity contribution in [2.45, 2.75) is 33.3 Å². The minimum absolute atomic E-state index is 0.0660. The first-order valence-electron chi connectivity index (χ1n) is 7.75. The molecule has 1 amide bonds. The third-order valence-corrected chi connectivity index (χ3v) is 3.79. The third-order valence-electron chi connectivity index (χ3n) is 3.79. The van der Waals surface area contributed by atoms with Crippen molar-refractivity contribution in [1.82, 2.24) is 4.90 Å². The van der Waals surface area contributed by atoms with Gasteiger partial charge in [0.2, 0.25) is 5.41 Å². The Kier molecular flexibility index (Phi) is 6.75. The lowest BCUT2D eigenvalue weighted by molar-refractivity contribution is -0.187. The van der Waals surface area contributed by atoms with Crippen molar-refractivity contribution in [3.05, 3.63) is 12.2 Å². The summed E-state index contributed by atoms with van der Waals surface area (Å²) in [6.07, 6.45) is -0.602. The molecule has 1 saturated heterocycles. The Morgan fingerprint density at radius 2 is 1.74 bits per heavy atom. The van der Waals surface area contributed by atoms with E-state index in [1.54, 1.807) is 13.8 Å². The number of methoxy groups -OCH3 is 1. The fourth-order valence-electron chi connectivity index (χ4n) is 2.78. The molecule has 0 N–H and O–H groups in total. The van der Waals surface area contributed by atoms with Crippen molar-refractivity contribution < 1.29 is 28.6 Å². The second-order valence-electron chi connectivity index (χ2n) is 5.23. The van der Waals surface area contributed by atoms with Crippen LogP contribution in [0.5, 0.6) is 0 Å². The predicted octanol–water partition coefficient (Wildman–Crippen LogP) is 0.922. The molecule has 0 aromatic carbocycles. The third kappa shape index (κ3) is 3.24. The summed E-state index contributed by atoms with van der Waals surface area (Å²) in [4.78, 5) is 39.4. The van der Waals surface area contributed by atoms with Crippen LogP contribution < -0.4 is 0 Å². The van der Waals surface area contributed by atoms with Gasteiger partial charge in [-0.3, -0.25) is 14.4 Å². The monoisotopic (exact) mass is 327 g/mol. The number of esters is 2. The van der Waals surface area contributed by atoms with Crippen LogP contribution in [0.4, 0.5) is 0 Å². The average Bonchev–Trinajstić information content (AvgIpc) is 2.50. The van der Waals surface area contributed by atoms with Crippen LogP contribution in [0, 0.1) is 5.41 Å². The summed E-state index contributed by atoms with van der Waals surface area (Å²) in [7, 11) is 1.28. The van der Waals surface area contributed by atoms with Gasteiger partial charge in [0.1, 0.15) is 0 Å². The van der Waals surface area contributed by atoms with Gasteiger partial charge in [0.05, 0.1) is 13.2 Å². The minimum atomic E-state index is -1.96. The van der Waals surface area contributed by atoms with Gasteiger partial charge in [0, 0.05) is 20.2 Å². The highest BCUT2D eigenvalue weighted by Gasteiger charge is 2.63. The molecule has 7 nitrogen and oxygen atoms in total. The van der Waals surface area contributed by atoms with Gasteiger partial charge in [-0.05, 0) is 25.8 Å². The maximum atomic E-state index is 12.7. The molecule has 0 aliphatic carbocycles. The van der Waals surface area contributed by atoms with Gasteiger partial charge in [0.25, 0.3) is 5.91 Å². The van der Waals surface area contributed by atoms with Gasteiger partial charge in [-0.15, -0.1) is 0 Å². The zero-order chi connectivity index (χ0) is 17.6. The van der Waals surface area contributed by atoms with E-state index >= 15 is 0 Å². The summed E-state index contributed by atoms with van der Waals surface area (Å²) in [6, 6.07) is 0. The number of rotatable bonds is 7. The normalized spacial score (nSPS) is 20.3. The van der Waals surface area contributed by atoms with Crippen molar-refractivity contribution in [3.8, 4) is 0 Å². The van der Waals surface area contributed by atoms with Gasteiger partial charge >= 0.3 is 11.9 Å². The van der Waals surface area contributed by atoms with Crippen LogP contribution in [-0.2, 0) is 28.6 Å². The van der Waals surface area contributed by atoms with Gasteiger partial charge in [-0.2, -0.15) is 0 Å². The maximum Gasteiger partial charge on any atom is 0.331 e. The van der Waals surface area contributed by atoms with Gasteiger partial charge < -0.3 is 19.1 Å². The van der Waals surface area contributed by atoms with Gasteiger partial charge in [0.15, 0.2) is 6.10 Å². The van der Waals surface area contributed by atoms with Crippen molar-refractivity contribution in [1.29, 1.82) is 0 Å². The number of likely N-dealkylation sites (tertiary alicyclic amines) is 1. The Hall–Kier alpha value is -1.89. The fraction of sp³-hybridized carbons (Fsp3) is 0.688. The lowest BCUT2D eigenvalue weighted by Crippen LogP contribution is -2.64. The topological polar surface area (TPSA) is 82.1 Å². The molecule has 1 aliphatic heterocycles. The van der Waals surface area contributed by atoms with E-state index < -0.39 is 29.4 Å². The highest BCUT2D eigenvalue weighted by Crippen LogP contribution is 2.40. The van der Waals surface area contributed by atoms with E-state index in [0.29, 0.717) is 6.54 Å². The Morgan fingerprint density at radius 1 is 1.22 bits per heavy atom. The first-order valence-corrected chi connectivity index (χ1v) is 7.75. The SMILES string of the molecule is C=C1CN(CCC)C(=O)C(OC)C1(C(=O)OCC)C(=O)OCC. The lowest BCUT2D eigenvalue weighted by atomic mass is 9.72. The number of ether oxygens (including phenoxy) is 3. The summed E-state index contributed by atoms with van der Waals surface area (Å²) in [5.41, 5.74) is -1.71. The van der Waals surface area contributed by atoms with E-state index in [4.69, 9.17) is 14.2 Å². The van der Waals surface area contributed by atoms with Gasteiger partial charge in [-0.1, -0.05) is 13.5 Å². The molecule has 0 bridgehead atoms. The Bertz CT molecular complexity index is 469. The van der Waals surface area contributed by atoms with Crippen LogP contribution in [0.2, 0.25) is 0 Å². The van der Waals surface area contributed by atoms with Crippen LogP contribution in [-0.4, -0.2) is 62.3 Å². The average molecular weight is 327 g/mol. The van der Waals surface area contributed by atoms with Crippen LogP contribution in [0.25, 0.3) is 0 Å². The molecule has 130 valence electrons. The van der Waals surface area contributed by atoms with Crippen LogP contribution in [0.15, 0.2) is 12.2 Å². The van der Waals surface area contributed by atoms with E-state index in [-0.39, 0.29) is 25.3 Å².